The minimum atomic E-state index is 0.135. The third kappa shape index (κ3) is 5.38. The number of hydrogen-bond acceptors (Lipinski definition) is 4. The fourth-order valence-electron chi connectivity index (χ4n) is 3.03. The average Bonchev–Trinajstić information content (AvgIpc) is 2.99. The van der Waals surface area contributed by atoms with Crippen LogP contribution in [0.1, 0.15) is 32.6 Å². The Kier molecular flexibility index (Phi) is 6.76. The van der Waals surface area contributed by atoms with E-state index in [1.807, 2.05) is 0 Å². The van der Waals surface area contributed by atoms with Crippen LogP contribution in [-0.2, 0) is 9.53 Å². The Morgan fingerprint density at radius 1 is 1.35 bits per heavy atom. The van der Waals surface area contributed by atoms with Gasteiger partial charge in [-0.3, -0.25) is 9.69 Å². The molecule has 2 aliphatic heterocycles. The summed E-state index contributed by atoms with van der Waals surface area (Å²) in [4.78, 5) is 14.3. The van der Waals surface area contributed by atoms with Gasteiger partial charge in [0.25, 0.3) is 0 Å². The molecule has 0 saturated carbocycles. The quantitative estimate of drug-likeness (QED) is 0.718. The molecule has 1 amide bonds. The Bertz CT molecular complexity index is 287. The second kappa shape index (κ2) is 8.60. The van der Waals surface area contributed by atoms with Crippen molar-refractivity contribution >= 4 is 5.91 Å². The molecule has 1 atom stereocenters. The van der Waals surface area contributed by atoms with E-state index in [0.29, 0.717) is 13.1 Å². The lowest BCUT2D eigenvalue weighted by Crippen LogP contribution is -2.43. The van der Waals surface area contributed by atoms with Crippen LogP contribution in [-0.4, -0.2) is 62.8 Å². The summed E-state index contributed by atoms with van der Waals surface area (Å²) in [5.41, 5.74) is 0. The molecule has 0 aromatic rings. The van der Waals surface area contributed by atoms with Gasteiger partial charge in [-0.15, -0.1) is 0 Å². The van der Waals surface area contributed by atoms with Crippen LogP contribution in [0.2, 0.25) is 0 Å². The number of hydrogen-bond donors (Lipinski definition) is 2. The smallest absolute Gasteiger partial charge is 0.234 e. The first-order chi connectivity index (χ1) is 9.78. The number of carbonyl (C=O) groups excluding carboxylic acids is 1. The van der Waals surface area contributed by atoms with Crippen molar-refractivity contribution in [1.29, 1.82) is 0 Å². The first-order valence-corrected chi connectivity index (χ1v) is 8.09. The third-order valence-corrected chi connectivity index (χ3v) is 4.34. The molecule has 0 aromatic carbocycles. The van der Waals surface area contributed by atoms with Crippen molar-refractivity contribution in [2.45, 2.75) is 38.7 Å². The summed E-state index contributed by atoms with van der Waals surface area (Å²) < 4.78 is 5.52. The van der Waals surface area contributed by atoms with E-state index < -0.39 is 0 Å². The molecule has 2 rings (SSSR count). The molecule has 2 aliphatic rings. The van der Waals surface area contributed by atoms with Gasteiger partial charge in [0, 0.05) is 19.7 Å². The Labute approximate surface area is 122 Å². The predicted molar refractivity (Wildman–Crippen MR) is 79.7 cm³/mol. The van der Waals surface area contributed by atoms with E-state index in [1.54, 1.807) is 0 Å². The summed E-state index contributed by atoms with van der Waals surface area (Å²) in [6, 6.07) is 0. The van der Waals surface area contributed by atoms with Crippen LogP contribution in [0.25, 0.3) is 0 Å². The van der Waals surface area contributed by atoms with E-state index >= 15 is 0 Å². The molecule has 2 N–H and O–H groups in total. The van der Waals surface area contributed by atoms with Crippen LogP contribution in [0.3, 0.4) is 0 Å². The van der Waals surface area contributed by atoms with E-state index in [-0.39, 0.29) is 12.0 Å². The van der Waals surface area contributed by atoms with Gasteiger partial charge in [0.1, 0.15) is 0 Å². The van der Waals surface area contributed by atoms with Crippen molar-refractivity contribution < 1.29 is 9.53 Å². The fourth-order valence-corrected chi connectivity index (χ4v) is 3.03. The van der Waals surface area contributed by atoms with E-state index in [1.165, 1.54) is 12.8 Å². The van der Waals surface area contributed by atoms with Crippen molar-refractivity contribution in [3.05, 3.63) is 0 Å². The van der Waals surface area contributed by atoms with Crippen LogP contribution in [0.5, 0.6) is 0 Å². The highest BCUT2D eigenvalue weighted by Crippen LogP contribution is 2.13. The van der Waals surface area contributed by atoms with Crippen molar-refractivity contribution in [1.82, 2.24) is 15.5 Å². The molecule has 2 saturated heterocycles. The van der Waals surface area contributed by atoms with Gasteiger partial charge in [0.2, 0.25) is 5.91 Å². The second-order valence-electron chi connectivity index (χ2n) is 5.96. The SMILES string of the molecule is CCN(CC(=O)NCC1CCCO1)CC1CCNCC1. The molecule has 1 unspecified atom stereocenters. The Morgan fingerprint density at radius 2 is 2.15 bits per heavy atom. The molecule has 2 fully saturated rings. The Balaban J connectivity index is 1.64. The molecule has 0 spiro atoms. The van der Waals surface area contributed by atoms with Gasteiger partial charge in [-0.1, -0.05) is 6.92 Å². The Morgan fingerprint density at radius 3 is 2.80 bits per heavy atom. The fraction of sp³-hybridized carbons (Fsp3) is 0.933. The largest absolute Gasteiger partial charge is 0.376 e. The van der Waals surface area contributed by atoms with Gasteiger partial charge in [-0.05, 0) is 51.2 Å². The highest BCUT2D eigenvalue weighted by atomic mass is 16.5. The van der Waals surface area contributed by atoms with Gasteiger partial charge < -0.3 is 15.4 Å². The van der Waals surface area contributed by atoms with Crippen molar-refractivity contribution in [3.63, 3.8) is 0 Å². The van der Waals surface area contributed by atoms with Gasteiger partial charge in [-0.25, -0.2) is 0 Å². The van der Waals surface area contributed by atoms with Crippen LogP contribution in [0.15, 0.2) is 0 Å². The van der Waals surface area contributed by atoms with Crippen molar-refractivity contribution in [2.75, 3.05) is 45.9 Å². The molecule has 20 heavy (non-hydrogen) atoms. The predicted octanol–water partition coefficient (Wildman–Crippen LogP) is 0.603. The number of piperidine rings is 1. The van der Waals surface area contributed by atoms with Crippen molar-refractivity contribution in [3.8, 4) is 0 Å². The zero-order valence-electron chi connectivity index (χ0n) is 12.7. The van der Waals surface area contributed by atoms with Crippen LogP contribution >= 0.6 is 0 Å². The minimum absolute atomic E-state index is 0.135. The number of carbonyl (C=O) groups is 1. The van der Waals surface area contributed by atoms with Crippen LogP contribution in [0.4, 0.5) is 0 Å². The molecule has 0 radical (unpaired) electrons. The number of nitrogens with zero attached hydrogens (tertiary/aromatic N) is 1. The molecular formula is C15H29N3O2. The van der Waals surface area contributed by atoms with E-state index in [9.17, 15) is 4.79 Å². The molecule has 116 valence electrons. The van der Waals surface area contributed by atoms with Crippen LogP contribution < -0.4 is 10.6 Å². The molecule has 5 heteroatoms. The van der Waals surface area contributed by atoms with Gasteiger partial charge in [-0.2, -0.15) is 0 Å². The summed E-state index contributed by atoms with van der Waals surface area (Å²) in [7, 11) is 0. The van der Waals surface area contributed by atoms with E-state index in [4.69, 9.17) is 4.74 Å². The zero-order chi connectivity index (χ0) is 14.2. The Hall–Kier alpha value is -0.650. The summed E-state index contributed by atoms with van der Waals surface area (Å²) in [6.07, 6.45) is 4.89. The summed E-state index contributed by atoms with van der Waals surface area (Å²) in [6.45, 7) is 8.40. The maximum Gasteiger partial charge on any atom is 0.234 e. The van der Waals surface area contributed by atoms with Gasteiger partial charge in [0.15, 0.2) is 0 Å². The monoisotopic (exact) mass is 283 g/mol. The summed E-state index contributed by atoms with van der Waals surface area (Å²) in [5.74, 6) is 0.874. The molecule has 0 bridgehead atoms. The maximum absolute atomic E-state index is 12.0. The topological polar surface area (TPSA) is 53.6 Å². The normalized spacial score (nSPS) is 24.2. The van der Waals surface area contributed by atoms with Gasteiger partial charge >= 0.3 is 0 Å². The lowest BCUT2D eigenvalue weighted by molar-refractivity contribution is -0.122. The first-order valence-electron chi connectivity index (χ1n) is 8.09. The first kappa shape index (κ1) is 15.7. The number of likely N-dealkylation sites (N-methyl/N-ethyl adjacent to an activating group) is 1. The van der Waals surface area contributed by atoms with E-state index in [2.05, 4.69) is 22.5 Å². The van der Waals surface area contributed by atoms with Gasteiger partial charge in [0.05, 0.1) is 12.6 Å². The molecular weight excluding hydrogens is 254 g/mol. The molecule has 5 nitrogen and oxygen atoms in total. The van der Waals surface area contributed by atoms with Crippen LogP contribution in [0, 0.1) is 5.92 Å². The molecule has 0 aromatic heterocycles. The van der Waals surface area contributed by atoms with Crippen molar-refractivity contribution in [2.24, 2.45) is 5.92 Å². The summed E-state index contributed by atoms with van der Waals surface area (Å²) >= 11 is 0. The highest BCUT2D eigenvalue weighted by Gasteiger charge is 2.19. The second-order valence-corrected chi connectivity index (χ2v) is 5.96. The molecule has 0 aliphatic carbocycles. The number of ether oxygens (including phenoxy) is 1. The summed E-state index contributed by atoms with van der Waals surface area (Å²) in [5, 5.41) is 6.40. The number of amides is 1. The molecule has 2 heterocycles. The maximum atomic E-state index is 12.0. The highest BCUT2D eigenvalue weighted by molar-refractivity contribution is 5.78. The number of nitrogens with one attached hydrogen (secondary N) is 2. The zero-order valence-corrected chi connectivity index (χ0v) is 12.7. The standard InChI is InChI=1S/C15H29N3O2/c1-2-18(11-13-5-7-16-8-6-13)12-15(19)17-10-14-4-3-9-20-14/h13-14,16H,2-12H2,1H3,(H,17,19). The van der Waals surface area contributed by atoms with E-state index in [0.717, 1.165) is 51.5 Å². The number of rotatable bonds is 7. The average molecular weight is 283 g/mol. The third-order valence-electron chi connectivity index (χ3n) is 4.34. The lowest BCUT2D eigenvalue weighted by atomic mass is 9.97. The lowest BCUT2D eigenvalue weighted by Gasteiger charge is -2.29. The minimum Gasteiger partial charge on any atom is -0.376 e.